The largest absolute Gasteiger partial charge is 0.548 e. The number of methoxy groups -OCH3 is 1. The van der Waals surface area contributed by atoms with Crippen LogP contribution in [0, 0.1) is 5.92 Å². The number of rotatable bonds is 7. The molecule has 6 heteroatoms. The highest BCUT2D eigenvalue weighted by atomic mass is 16.5. The van der Waals surface area contributed by atoms with Crippen molar-refractivity contribution in [2.75, 3.05) is 7.11 Å². The second-order valence-electron chi connectivity index (χ2n) is 5.18. The van der Waals surface area contributed by atoms with Gasteiger partial charge in [0.25, 0.3) is 0 Å². The average Bonchev–Trinajstić information content (AvgIpc) is 2.44. The Balaban J connectivity index is 2.50. The van der Waals surface area contributed by atoms with Crippen molar-refractivity contribution < 1.29 is 19.4 Å². The summed E-state index contributed by atoms with van der Waals surface area (Å²) >= 11 is 0. The number of benzene rings is 1. The number of amides is 2. The summed E-state index contributed by atoms with van der Waals surface area (Å²) in [5.74, 6) is -0.436. The van der Waals surface area contributed by atoms with Gasteiger partial charge in [0, 0.05) is 6.54 Å². The van der Waals surface area contributed by atoms with E-state index in [4.69, 9.17) is 4.74 Å². The first-order chi connectivity index (χ1) is 9.92. The van der Waals surface area contributed by atoms with Crippen LogP contribution in [0.3, 0.4) is 0 Å². The summed E-state index contributed by atoms with van der Waals surface area (Å²) in [4.78, 5) is 22.7. The van der Waals surface area contributed by atoms with Crippen molar-refractivity contribution >= 4 is 12.0 Å². The molecule has 21 heavy (non-hydrogen) atoms. The van der Waals surface area contributed by atoms with E-state index < -0.39 is 18.0 Å². The molecule has 0 saturated heterocycles. The monoisotopic (exact) mass is 293 g/mol. The molecule has 2 amide bonds. The molecule has 1 aromatic carbocycles. The van der Waals surface area contributed by atoms with E-state index in [1.165, 1.54) is 0 Å². The maximum absolute atomic E-state index is 11.7. The van der Waals surface area contributed by atoms with E-state index in [0.717, 1.165) is 5.56 Å². The summed E-state index contributed by atoms with van der Waals surface area (Å²) < 4.78 is 5.09. The molecule has 1 atom stereocenters. The third-order valence-corrected chi connectivity index (χ3v) is 2.88. The first kappa shape index (κ1) is 16.8. The van der Waals surface area contributed by atoms with Crippen molar-refractivity contribution in [2.45, 2.75) is 32.9 Å². The molecule has 0 heterocycles. The fraction of sp³-hybridized carbons (Fsp3) is 0.467. The second kappa shape index (κ2) is 8.14. The number of carbonyl (C=O) groups is 2. The Morgan fingerprint density at radius 1 is 1.33 bits per heavy atom. The van der Waals surface area contributed by atoms with Gasteiger partial charge in [-0.25, -0.2) is 4.79 Å². The van der Waals surface area contributed by atoms with E-state index in [1.807, 2.05) is 26.0 Å². The van der Waals surface area contributed by atoms with Crippen molar-refractivity contribution in [1.29, 1.82) is 0 Å². The van der Waals surface area contributed by atoms with Gasteiger partial charge in [0.1, 0.15) is 5.75 Å². The van der Waals surface area contributed by atoms with Crippen LogP contribution in [0.5, 0.6) is 5.75 Å². The van der Waals surface area contributed by atoms with Crippen LogP contribution in [0.2, 0.25) is 0 Å². The van der Waals surface area contributed by atoms with Crippen LogP contribution >= 0.6 is 0 Å². The smallest absolute Gasteiger partial charge is 0.315 e. The molecule has 0 saturated carbocycles. The minimum absolute atomic E-state index is 0.145. The number of urea groups is 1. The lowest BCUT2D eigenvalue weighted by atomic mass is 10.0. The number of hydrogen-bond acceptors (Lipinski definition) is 4. The normalized spacial score (nSPS) is 11.8. The Labute approximate surface area is 124 Å². The highest BCUT2D eigenvalue weighted by Gasteiger charge is 2.14. The minimum atomic E-state index is -1.28. The molecule has 0 unspecified atom stereocenters. The minimum Gasteiger partial charge on any atom is -0.548 e. The number of carboxylic acids is 1. The van der Waals surface area contributed by atoms with Crippen molar-refractivity contribution in [3.05, 3.63) is 29.8 Å². The van der Waals surface area contributed by atoms with Gasteiger partial charge in [-0.3, -0.25) is 0 Å². The molecular formula is C15H21N2O4-. The van der Waals surface area contributed by atoms with Gasteiger partial charge in [0.05, 0.1) is 19.1 Å². The van der Waals surface area contributed by atoms with E-state index in [9.17, 15) is 14.7 Å². The maximum atomic E-state index is 11.7. The molecule has 1 rings (SSSR count). The molecule has 2 N–H and O–H groups in total. The molecule has 0 aromatic heterocycles. The molecule has 0 bridgehead atoms. The molecule has 0 spiro atoms. The molecule has 0 aliphatic heterocycles. The summed E-state index contributed by atoms with van der Waals surface area (Å²) in [6.07, 6.45) is 0.328. The molecule has 6 nitrogen and oxygen atoms in total. The summed E-state index contributed by atoms with van der Waals surface area (Å²) in [6.45, 7) is 4.04. The van der Waals surface area contributed by atoms with E-state index in [2.05, 4.69) is 10.6 Å². The molecular weight excluding hydrogens is 272 g/mol. The van der Waals surface area contributed by atoms with Crippen molar-refractivity contribution in [3.8, 4) is 5.75 Å². The topological polar surface area (TPSA) is 90.5 Å². The molecule has 0 aliphatic carbocycles. The van der Waals surface area contributed by atoms with Crippen LogP contribution in [0.25, 0.3) is 0 Å². The highest BCUT2D eigenvalue weighted by Crippen LogP contribution is 2.12. The average molecular weight is 293 g/mol. The van der Waals surface area contributed by atoms with Gasteiger partial charge in [0.15, 0.2) is 0 Å². The zero-order valence-corrected chi connectivity index (χ0v) is 12.5. The van der Waals surface area contributed by atoms with Crippen LogP contribution in [-0.2, 0) is 11.3 Å². The Hall–Kier alpha value is -2.24. The molecule has 1 aromatic rings. The first-order valence-electron chi connectivity index (χ1n) is 6.80. The second-order valence-corrected chi connectivity index (χ2v) is 5.18. The fourth-order valence-electron chi connectivity index (χ4n) is 1.86. The predicted molar refractivity (Wildman–Crippen MR) is 76.6 cm³/mol. The van der Waals surface area contributed by atoms with Crippen molar-refractivity contribution in [2.24, 2.45) is 5.92 Å². The molecule has 116 valence electrons. The maximum Gasteiger partial charge on any atom is 0.315 e. The quantitative estimate of drug-likeness (QED) is 0.772. The van der Waals surface area contributed by atoms with Gasteiger partial charge in [-0.15, -0.1) is 0 Å². The van der Waals surface area contributed by atoms with Gasteiger partial charge >= 0.3 is 6.03 Å². The lowest BCUT2D eigenvalue weighted by molar-refractivity contribution is -0.308. The number of carbonyl (C=O) groups excluding carboxylic acids is 2. The van der Waals surface area contributed by atoms with Crippen LogP contribution in [-0.4, -0.2) is 25.2 Å². The standard InChI is InChI=1S/C15H22N2O4/c1-10(2)7-13(14(18)19)17-15(20)16-9-11-5-4-6-12(8-11)21-3/h4-6,8,10,13H,7,9H2,1-3H3,(H,18,19)(H2,16,17,20)/p-1/t13-/m0/s1. The van der Waals surface area contributed by atoms with E-state index in [-0.39, 0.29) is 12.5 Å². The third-order valence-electron chi connectivity index (χ3n) is 2.88. The van der Waals surface area contributed by atoms with Crippen LogP contribution in [0.4, 0.5) is 4.79 Å². The van der Waals surface area contributed by atoms with E-state index in [0.29, 0.717) is 12.2 Å². The lowest BCUT2D eigenvalue weighted by Crippen LogP contribution is -2.51. The van der Waals surface area contributed by atoms with Crippen molar-refractivity contribution in [1.82, 2.24) is 10.6 Å². The highest BCUT2D eigenvalue weighted by molar-refractivity contribution is 5.81. The van der Waals surface area contributed by atoms with Gasteiger partial charge in [-0.1, -0.05) is 26.0 Å². The number of aliphatic carboxylic acids is 1. The summed E-state index contributed by atoms with van der Waals surface area (Å²) in [6, 6.07) is 5.73. The predicted octanol–water partition coefficient (Wildman–Crippen LogP) is 0.659. The molecule has 0 aliphatic rings. The first-order valence-corrected chi connectivity index (χ1v) is 6.80. The van der Waals surface area contributed by atoms with Gasteiger partial charge < -0.3 is 25.3 Å². The zero-order chi connectivity index (χ0) is 15.8. The van der Waals surface area contributed by atoms with Crippen LogP contribution in [0.15, 0.2) is 24.3 Å². The van der Waals surface area contributed by atoms with E-state index >= 15 is 0 Å². The Morgan fingerprint density at radius 2 is 2.05 bits per heavy atom. The SMILES string of the molecule is COc1cccc(CNC(=O)N[C@@H](CC(C)C)C(=O)[O-])c1. The fourth-order valence-corrected chi connectivity index (χ4v) is 1.86. The Kier molecular flexibility index (Phi) is 6.52. The summed E-state index contributed by atoms with van der Waals surface area (Å²) in [7, 11) is 1.57. The lowest BCUT2D eigenvalue weighted by Gasteiger charge is -2.21. The van der Waals surface area contributed by atoms with Gasteiger partial charge in [0.2, 0.25) is 0 Å². The van der Waals surface area contributed by atoms with E-state index in [1.54, 1.807) is 19.2 Å². The van der Waals surface area contributed by atoms with Crippen LogP contribution in [0.1, 0.15) is 25.8 Å². The molecule has 0 fully saturated rings. The zero-order valence-electron chi connectivity index (χ0n) is 12.5. The summed E-state index contributed by atoms with van der Waals surface area (Å²) in [5.41, 5.74) is 0.860. The number of ether oxygens (including phenoxy) is 1. The number of hydrogen-bond donors (Lipinski definition) is 2. The van der Waals surface area contributed by atoms with Gasteiger partial charge in [-0.05, 0) is 30.0 Å². The van der Waals surface area contributed by atoms with Crippen LogP contribution < -0.4 is 20.5 Å². The van der Waals surface area contributed by atoms with Crippen molar-refractivity contribution in [3.63, 3.8) is 0 Å². The molecule has 0 radical (unpaired) electrons. The summed E-state index contributed by atoms with van der Waals surface area (Å²) in [5, 5.41) is 16.0. The number of carboxylic acid groups (broad SMARTS) is 1. The Bertz CT molecular complexity index is 488. The number of nitrogens with one attached hydrogen (secondary N) is 2. The third kappa shape index (κ3) is 6.16. The van der Waals surface area contributed by atoms with Gasteiger partial charge in [-0.2, -0.15) is 0 Å². The Morgan fingerprint density at radius 3 is 2.62 bits per heavy atom.